The van der Waals surface area contributed by atoms with Gasteiger partial charge in [0, 0.05) is 6.54 Å². The summed E-state index contributed by atoms with van der Waals surface area (Å²) in [5.41, 5.74) is 4.96. The summed E-state index contributed by atoms with van der Waals surface area (Å²) in [6.45, 7) is 11.4. The molecule has 0 bridgehead atoms. The molecular formula is C44H56N11O9P. The van der Waals surface area contributed by atoms with E-state index in [-0.39, 0.29) is 44.9 Å². The van der Waals surface area contributed by atoms with Crippen molar-refractivity contribution in [1.82, 2.24) is 43.7 Å². The Kier molecular flexibility index (Phi) is 15.4. The fraction of sp³-hybridized carbons (Fsp3) is 0.591. The molecule has 0 amide bonds. The van der Waals surface area contributed by atoms with E-state index in [1.807, 2.05) is 37.5 Å². The van der Waals surface area contributed by atoms with E-state index < -0.39 is 51.0 Å². The lowest BCUT2D eigenvalue weighted by Crippen LogP contribution is -2.37. The van der Waals surface area contributed by atoms with Crippen molar-refractivity contribution in [3.8, 4) is 12.1 Å². The van der Waals surface area contributed by atoms with E-state index in [0.717, 1.165) is 48.3 Å². The van der Waals surface area contributed by atoms with Gasteiger partial charge in [0.05, 0.1) is 80.5 Å². The van der Waals surface area contributed by atoms with Crippen molar-refractivity contribution in [1.29, 1.82) is 10.5 Å². The van der Waals surface area contributed by atoms with E-state index in [4.69, 9.17) is 48.0 Å². The second-order valence-electron chi connectivity index (χ2n) is 16.3. The van der Waals surface area contributed by atoms with Crippen molar-refractivity contribution in [2.24, 2.45) is 0 Å². The molecule has 4 aromatic heterocycles. The molecule has 8 heterocycles. The number of hydrogen-bond acceptors (Lipinski definition) is 18. The van der Waals surface area contributed by atoms with Crippen LogP contribution < -0.4 is 0 Å². The first kappa shape index (κ1) is 46.8. The zero-order valence-corrected chi connectivity index (χ0v) is 38.1. The normalized spacial score (nSPS) is 29.8. The van der Waals surface area contributed by atoms with Crippen LogP contribution >= 0.6 is 8.53 Å². The van der Waals surface area contributed by atoms with E-state index in [9.17, 15) is 5.11 Å². The van der Waals surface area contributed by atoms with Crippen LogP contribution in [0.5, 0.6) is 0 Å². The number of rotatable bonds is 17. The zero-order chi connectivity index (χ0) is 45.5. The maximum absolute atomic E-state index is 10.5. The Labute approximate surface area is 378 Å². The second-order valence-corrected chi connectivity index (χ2v) is 17.7. The number of aliphatic hydroxyl groups excluding tert-OH is 1. The highest BCUT2D eigenvalue weighted by atomic mass is 31.2. The average molecular weight is 914 g/mol. The fourth-order valence-electron chi connectivity index (χ4n) is 8.92. The molecule has 11 atom stereocenters. The predicted molar refractivity (Wildman–Crippen MR) is 233 cm³/mol. The summed E-state index contributed by atoms with van der Waals surface area (Å²) in [6, 6.07) is 14.8. The smallest absolute Gasteiger partial charge is 0.260 e. The van der Waals surface area contributed by atoms with Gasteiger partial charge in [-0.3, -0.25) is 9.13 Å². The summed E-state index contributed by atoms with van der Waals surface area (Å²) >= 11 is 0. The number of benzene rings is 1. The van der Waals surface area contributed by atoms with Crippen molar-refractivity contribution < 1.29 is 42.6 Å². The second kappa shape index (κ2) is 21.3. The third-order valence-corrected chi connectivity index (χ3v) is 14.2. The van der Waals surface area contributed by atoms with Gasteiger partial charge in [-0.25, -0.2) is 34.6 Å². The van der Waals surface area contributed by atoms with Gasteiger partial charge in [0.1, 0.15) is 67.3 Å². The average Bonchev–Trinajstić information content (AvgIpc) is 4.19. The first-order valence-corrected chi connectivity index (χ1v) is 23.2. The standard InChI is InChI=1S/C28H35N6O5P.C16H21N5O4/c1-4-21-24(38-40-34-14-8-12-22(34)28(3,39-40)20-10-6-5-7-11-20)25(36-18-35-15-9-13-29)27(37-21)33-17-32-23-19(2)30-16-31-26(23)33;1-3-11-13(22)14(24-9-23-6-4-5-17)16(25-11)21-8-20-12-10(2)18-7-19-15(12)21/h5-7,10-11,16-17,21-22,24-25,27H,4,8-9,12,14-15,18H2,1-3H3;7-8,11,13-14,16,22H,3-4,6,9H2,1-2H3/t21-,22+,24+,25?,27-,28-,40+;11-,13+,14?,16-/m11/s1. The minimum Gasteiger partial charge on any atom is -0.388 e. The third-order valence-electron chi connectivity index (χ3n) is 12.3. The van der Waals surface area contributed by atoms with Gasteiger partial charge < -0.3 is 42.6 Å². The largest absolute Gasteiger partial charge is 0.388 e. The lowest BCUT2D eigenvalue weighted by molar-refractivity contribution is -0.137. The summed E-state index contributed by atoms with van der Waals surface area (Å²) in [5.74, 6) is 0. The van der Waals surface area contributed by atoms with Crippen LogP contribution in [0.2, 0.25) is 0 Å². The summed E-state index contributed by atoms with van der Waals surface area (Å²) in [5, 5.41) is 27.9. The molecule has 5 aromatic rings. The summed E-state index contributed by atoms with van der Waals surface area (Å²) in [7, 11) is -1.37. The van der Waals surface area contributed by atoms with Crippen molar-refractivity contribution in [3.63, 3.8) is 0 Å². The molecular weight excluding hydrogens is 858 g/mol. The van der Waals surface area contributed by atoms with Gasteiger partial charge in [-0.15, -0.1) is 0 Å². The topological polar surface area (TPSA) is 232 Å². The number of nitrogens with zero attached hydrogens (tertiary/aromatic N) is 11. The van der Waals surface area contributed by atoms with Gasteiger partial charge in [0.15, 0.2) is 23.8 Å². The third kappa shape index (κ3) is 9.63. The molecule has 4 aliphatic heterocycles. The van der Waals surface area contributed by atoms with Crippen LogP contribution in [0.25, 0.3) is 22.3 Å². The molecule has 1 N–H and O–H groups in total. The fourth-order valence-corrected chi connectivity index (χ4v) is 11.1. The molecule has 21 heteroatoms. The molecule has 4 aliphatic rings. The van der Waals surface area contributed by atoms with Crippen LogP contribution in [0, 0.1) is 36.5 Å². The molecule has 4 fully saturated rings. The van der Waals surface area contributed by atoms with Gasteiger partial charge >= 0.3 is 0 Å². The van der Waals surface area contributed by atoms with Crippen LogP contribution in [-0.4, -0.2) is 125 Å². The van der Waals surface area contributed by atoms with Gasteiger partial charge in [-0.05, 0) is 52.0 Å². The van der Waals surface area contributed by atoms with E-state index in [2.05, 4.69) is 78.8 Å². The van der Waals surface area contributed by atoms with Crippen LogP contribution in [-0.2, 0) is 43.1 Å². The van der Waals surface area contributed by atoms with Crippen molar-refractivity contribution in [2.75, 3.05) is 33.3 Å². The molecule has 0 aliphatic carbocycles. The SMILES string of the molecule is CC[C@H]1O[C@@H](n2cnc3c(C)ncnc32)C(OCOCCC#N)[C@H]1O.CC[C@H]1O[C@@H](n2cnc3c(C)ncnc32)C(OCOCCC#N)[C@H]1O[P@@]1O[C@](C)(c2ccccc2)[C@@H]2CCCN21. The number of ether oxygens (including phenoxy) is 6. The maximum atomic E-state index is 10.5. The lowest BCUT2D eigenvalue weighted by Gasteiger charge is -2.29. The quantitative estimate of drug-likeness (QED) is 0.0658. The number of aromatic nitrogens is 8. The number of fused-ring (bicyclic) bond motifs is 3. The highest BCUT2D eigenvalue weighted by Crippen LogP contribution is 2.64. The zero-order valence-electron chi connectivity index (χ0n) is 37.3. The Bertz CT molecular complexity index is 2430. The molecule has 0 radical (unpaired) electrons. The Morgan fingerprint density at radius 3 is 1.94 bits per heavy atom. The number of nitriles is 2. The Morgan fingerprint density at radius 2 is 1.35 bits per heavy atom. The molecule has 4 saturated heterocycles. The van der Waals surface area contributed by atoms with Crippen LogP contribution in [0.3, 0.4) is 0 Å². The molecule has 20 nitrogen and oxygen atoms in total. The molecule has 0 spiro atoms. The molecule has 346 valence electrons. The first-order chi connectivity index (χ1) is 31.7. The number of aliphatic hydroxyl groups is 1. The van der Waals surface area contributed by atoms with Crippen molar-refractivity contribution in [3.05, 3.63) is 72.6 Å². The lowest BCUT2D eigenvalue weighted by atomic mass is 9.87. The molecule has 9 rings (SSSR count). The molecule has 0 saturated carbocycles. The van der Waals surface area contributed by atoms with Gasteiger partial charge in [0.25, 0.3) is 8.53 Å². The molecule has 2 unspecified atom stereocenters. The van der Waals surface area contributed by atoms with E-state index in [1.54, 1.807) is 17.2 Å². The highest BCUT2D eigenvalue weighted by molar-refractivity contribution is 7.45. The Morgan fingerprint density at radius 1 is 0.785 bits per heavy atom. The summed E-state index contributed by atoms with van der Waals surface area (Å²) in [4.78, 5) is 26.1. The number of aryl methyl sites for hydroxylation is 2. The first-order valence-electron chi connectivity index (χ1n) is 22.1. The van der Waals surface area contributed by atoms with Crippen LogP contribution in [0.15, 0.2) is 55.6 Å². The Hall–Kier alpha value is -4.67. The van der Waals surface area contributed by atoms with Crippen LogP contribution in [0.1, 0.15) is 88.7 Å². The summed E-state index contributed by atoms with van der Waals surface area (Å²) < 4.78 is 55.3. The van der Waals surface area contributed by atoms with Gasteiger partial charge in [0.2, 0.25) is 0 Å². The Balaban J connectivity index is 0.000000198. The summed E-state index contributed by atoms with van der Waals surface area (Å²) in [6.07, 6.45) is 6.39. The van der Waals surface area contributed by atoms with Gasteiger partial charge in [-0.2, -0.15) is 10.5 Å². The van der Waals surface area contributed by atoms with Crippen molar-refractivity contribution >= 4 is 30.9 Å². The van der Waals surface area contributed by atoms with E-state index >= 15 is 0 Å². The van der Waals surface area contributed by atoms with Crippen molar-refractivity contribution in [2.45, 2.75) is 134 Å². The van der Waals surface area contributed by atoms with E-state index in [0.29, 0.717) is 36.3 Å². The predicted octanol–water partition coefficient (Wildman–Crippen LogP) is 5.81. The van der Waals surface area contributed by atoms with Crippen LogP contribution in [0.4, 0.5) is 0 Å². The van der Waals surface area contributed by atoms with E-state index in [1.165, 1.54) is 12.7 Å². The molecule has 65 heavy (non-hydrogen) atoms. The monoisotopic (exact) mass is 913 g/mol. The maximum Gasteiger partial charge on any atom is 0.260 e. The number of hydrogen-bond donors (Lipinski definition) is 1. The highest BCUT2D eigenvalue weighted by Gasteiger charge is 2.58. The molecule has 1 aromatic carbocycles. The van der Waals surface area contributed by atoms with Gasteiger partial charge in [-0.1, -0.05) is 44.2 Å². The number of imidazole rings is 2. The minimum absolute atomic E-state index is 0.00992. The minimum atomic E-state index is -1.37.